The van der Waals surface area contributed by atoms with Gasteiger partial charge in [0.15, 0.2) is 0 Å². The number of carbonyl (C=O) groups is 2. The van der Waals surface area contributed by atoms with Gasteiger partial charge < -0.3 is 20.3 Å². The van der Waals surface area contributed by atoms with Gasteiger partial charge in [-0.1, -0.05) is 17.3 Å². The summed E-state index contributed by atoms with van der Waals surface area (Å²) in [4.78, 5) is 22.3. The number of benzene rings is 1. The third-order valence-electron chi connectivity index (χ3n) is 2.46. The molecule has 7 heteroatoms. The molecule has 1 aromatic carbocycles. The molecule has 0 unspecified atom stereocenters. The fourth-order valence-corrected chi connectivity index (χ4v) is 1.61. The van der Waals surface area contributed by atoms with E-state index < -0.39 is 12.0 Å². The first-order chi connectivity index (χ1) is 9.63. The average Bonchev–Trinajstić information content (AvgIpc) is 2.89. The second-order valence-electron chi connectivity index (χ2n) is 4.07. The van der Waals surface area contributed by atoms with Crippen LogP contribution < -0.4 is 10.6 Å². The van der Waals surface area contributed by atoms with Crippen molar-refractivity contribution < 1.29 is 19.2 Å². The molecular weight excluding hydrogens is 262 g/mol. The molecule has 3 N–H and O–H groups in total. The van der Waals surface area contributed by atoms with E-state index in [2.05, 4.69) is 20.3 Å². The van der Waals surface area contributed by atoms with Gasteiger partial charge in [-0.3, -0.25) is 4.79 Å². The highest BCUT2D eigenvalue weighted by Gasteiger charge is 2.05. The number of rotatable bonds is 5. The summed E-state index contributed by atoms with van der Waals surface area (Å²) in [6.07, 6.45) is 1.33. The monoisotopic (exact) mass is 275 g/mol. The standard InChI is InChI=1S/C13H13N3O4/c17-12(18)7-9-2-1-3-10(6-9)15-13(19)14-8-11-4-5-20-16-11/h1-6H,7-8H2,(H,17,18)(H2,14,15,19). The molecule has 0 fully saturated rings. The van der Waals surface area contributed by atoms with Gasteiger partial charge in [-0.2, -0.15) is 0 Å². The van der Waals surface area contributed by atoms with Crippen molar-refractivity contribution in [3.63, 3.8) is 0 Å². The van der Waals surface area contributed by atoms with Crippen LogP contribution in [0, 0.1) is 0 Å². The number of urea groups is 1. The van der Waals surface area contributed by atoms with Crippen LogP contribution in [-0.2, 0) is 17.8 Å². The first-order valence-corrected chi connectivity index (χ1v) is 5.88. The van der Waals surface area contributed by atoms with E-state index in [1.165, 1.54) is 6.26 Å². The summed E-state index contributed by atoms with van der Waals surface area (Å²) in [5.74, 6) is -0.919. The minimum Gasteiger partial charge on any atom is -0.481 e. The number of nitrogens with zero attached hydrogens (tertiary/aromatic N) is 1. The third-order valence-corrected chi connectivity index (χ3v) is 2.46. The predicted molar refractivity (Wildman–Crippen MR) is 70.1 cm³/mol. The van der Waals surface area contributed by atoms with Crippen LogP contribution >= 0.6 is 0 Å². The molecular formula is C13H13N3O4. The van der Waals surface area contributed by atoms with Gasteiger partial charge in [-0.25, -0.2) is 4.79 Å². The van der Waals surface area contributed by atoms with Crippen LogP contribution in [0.15, 0.2) is 41.1 Å². The molecule has 1 heterocycles. The minimum absolute atomic E-state index is 0.0872. The predicted octanol–water partition coefficient (Wildman–Crippen LogP) is 1.62. The summed E-state index contributed by atoms with van der Waals surface area (Å²) in [6.45, 7) is 0.247. The lowest BCUT2D eigenvalue weighted by molar-refractivity contribution is -0.136. The van der Waals surface area contributed by atoms with Crippen LogP contribution in [0.3, 0.4) is 0 Å². The minimum atomic E-state index is -0.919. The van der Waals surface area contributed by atoms with Crippen molar-refractivity contribution in [2.24, 2.45) is 0 Å². The van der Waals surface area contributed by atoms with Gasteiger partial charge in [-0.15, -0.1) is 0 Å². The number of hydrogen-bond acceptors (Lipinski definition) is 4. The Labute approximate surface area is 114 Å². The Morgan fingerprint density at radius 1 is 1.30 bits per heavy atom. The van der Waals surface area contributed by atoms with Gasteiger partial charge in [-0.05, 0) is 17.7 Å². The Hall–Kier alpha value is -2.83. The normalized spacial score (nSPS) is 10.0. The van der Waals surface area contributed by atoms with Crippen LogP contribution in [0.1, 0.15) is 11.3 Å². The summed E-state index contributed by atoms with van der Waals surface area (Å²) in [5, 5.41) is 17.6. The number of carboxylic acid groups (broad SMARTS) is 1. The third kappa shape index (κ3) is 4.13. The van der Waals surface area contributed by atoms with E-state index in [4.69, 9.17) is 5.11 Å². The van der Waals surface area contributed by atoms with E-state index in [0.717, 1.165) is 0 Å². The van der Waals surface area contributed by atoms with Crippen molar-refractivity contribution >= 4 is 17.7 Å². The first kappa shape index (κ1) is 13.6. The van der Waals surface area contributed by atoms with Crippen molar-refractivity contribution in [2.75, 3.05) is 5.32 Å². The molecule has 1 aromatic heterocycles. The number of carbonyl (C=O) groups excluding carboxylic acids is 1. The molecule has 0 aliphatic carbocycles. The molecule has 2 amide bonds. The quantitative estimate of drug-likeness (QED) is 0.769. The van der Waals surface area contributed by atoms with Crippen molar-refractivity contribution in [2.45, 2.75) is 13.0 Å². The Bertz CT molecular complexity index is 595. The summed E-state index contributed by atoms with van der Waals surface area (Å²) in [7, 11) is 0. The smallest absolute Gasteiger partial charge is 0.319 e. The largest absolute Gasteiger partial charge is 0.481 e. The molecule has 0 bridgehead atoms. The van der Waals surface area contributed by atoms with Gasteiger partial charge in [0.2, 0.25) is 0 Å². The van der Waals surface area contributed by atoms with E-state index in [1.54, 1.807) is 30.3 Å². The molecule has 20 heavy (non-hydrogen) atoms. The fourth-order valence-electron chi connectivity index (χ4n) is 1.61. The Balaban J connectivity index is 1.88. The molecule has 0 saturated heterocycles. The second kappa shape index (κ2) is 6.37. The number of amides is 2. The van der Waals surface area contributed by atoms with Gasteiger partial charge in [0, 0.05) is 11.8 Å². The maximum atomic E-state index is 11.6. The molecule has 0 aliphatic rings. The lowest BCUT2D eigenvalue weighted by Gasteiger charge is -2.07. The van der Waals surface area contributed by atoms with Crippen molar-refractivity contribution in [3.8, 4) is 0 Å². The maximum absolute atomic E-state index is 11.6. The summed E-state index contributed by atoms with van der Waals surface area (Å²) in [6, 6.07) is 7.91. The molecule has 0 radical (unpaired) electrons. The zero-order chi connectivity index (χ0) is 14.4. The van der Waals surface area contributed by atoms with Gasteiger partial charge in [0.05, 0.1) is 13.0 Å². The highest BCUT2D eigenvalue weighted by Crippen LogP contribution is 2.11. The number of anilines is 1. The molecule has 0 spiro atoms. The number of aromatic nitrogens is 1. The topological polar surface area (TPSA) is 104 Å². The molecule has 7 nitrogen and oxygen atoms in total. The number of carboxylic acids is 1. The second-order valence-corrected chi connectivity index (χ2v) is 4.07. The average molecular weight is 275 g/mol. The first-order valence-electron chi connectivity index (χ1n) is 5.88. The molecule has 0 saturated carbocycles. The molecule has 104 valence electrons. The summed E-state index contributed by atoms with van der Waals surface area (Å²) < 4.78 is 4.64. The summed E-state index contributed by atoms with van der Waals surface area (Å²) >= 11 is 0. The van der Waals surface area contributed by atoms with E-state index in [0.29, 0.717) is 16.9 Å². The zero-order valence-electron chi connectivity index (χ0n) is 10.5. The van der Waals surface area contributed by atoms with E-state index >= 15 is 0 Å². The van der Waals surface area contributed by atoms with Crippen LogP contribution in [0.25, 0.3) is 0 Å². The van der Waals surface area contributed by atoms with Crippen LogP contribution in [0.5, 0.6) is 0 Å². The van der Waals surface area contributed by atoms with Crippen LogP contribution in [0.4, 0.5) is 10.5 Å². The van der Waals surface area contributed by atoms with E-state index in [1.807, 2.05) is 0 Å². The van der Waals surface area contributed by atoms with Crippen molar-refractivity contribution in [1.29, 1.82) is 0 Å². The highest BCUT2D eigenvalue weighted by atomic mass is 16.5. The Morgan fingerprint density at radius 3 is 2.85 bits per heavy atom. The van der Waals surface area contributed by atoms with Gasteiger partial charge >= 0.3 is 12.0 Å². The van der Waals surface area contributed by atoms with Crippen LogP contribution in [0.2, 0.25) is 0 Å². The molecule has 2 aromatic rings. The molecule has 2 rings (SSSR count). The summed E-state index contributed by atoms with van der Waals surface area (Å²) in [5.41, 5.74) is 1.76. The van der Waals surface area contributed by atoms with E-state index in [-0.39, 0.29) is 13.0 Å². The van der Waals surface area contributed by atoms with Crippen molar-refractivity contribution in [1.82, 2.24) is 10.5 Å². The number of aliphatic carboxylic acids is 1. The molecule has 0 atom stereocenters. The lowest BCUT2D eigenvalue weighted by Crippen LogP contribution is -2.28. The highest BCUT2D eigenvalue weighted by molar-refractivity contribution is 5.89. The van der Waals surface area contributed by atoms with E-state index in [9.17, 15) is 9.59 Å². The van der Waals surface area contributed by atoms with Crippen molar-refractivity contribution in [3.05, 3.63) is 47.9 Å². The zero-order valence-corrected chi connectivity index (χ0v) is 10.5. The maximum Gasteiger partial charge on any atom is 0.319 e. The lowest BCUT2D eigenvalue weighted by atomic mass is 10.1. The SMILES string of the molecule is O=C(O)Cc1cccc(NC(=O)NCc2ccon2)c1. The fraction of sp³-hybridized carbons (Fsp3) is 0.154. The number of hydrogen-bond donors (Lipinski definition) is 3. The molecule has 0 aliphatic heterocycles. The van der Waals surface area contributed by atoms with Gasteiger partial charge in [0.25, 0.3) is 0 Å². The Kier molecular flexibility index (Phi) is 4.33. The van der Waals surface area contributed by atoms with Gasteiger partial charge in [0.1, 0.15) is 12.0 Å². The Morgan fingerprint density at radius 2 is 2.15 bits per heavy atom. The number of nitrogens with one attached hydrogen (secondary N) is 2. The van der Waals surface area contributed by atoms with Crippen LogP contribution in [-0.4, -0.2) is 22.3 Å².